The van der Waals surface area contributed by atoms with Crippen molar-refractivity contribution in [1.29, 1.82) is 0 Å². The molecule has 0 bridgehead atoms. The summed E-state index contributed by atoms with van der Waals surface area (Å²) >= 11 is 0. The van der Waals surface area contributed by atoms with Gasteiger partial charge >= 0.3 is 0 Å². The molecule has 0 saturated heterocycles. The van der Waals surface area contributed by atoms with E-state index in [-0.39, 0.29) is 11.2 Å². The zero-order chi connectivity index (χ0) is 11.1. The van der Waals surface area contributed by atoms with Gasteiger partial charge in [-0.05, 0) is 12.1 Å². The number of ketones is 1. The molecule has 2 heteroatoms. The van der Waals surface area contributed by atoms with Crippen LogP contribution in [-0.2, 0) is 0 Å². The summed E-state index contributed by atoms with van der Waals surface area (Å²) in [5.74, 6) is 0.114. The fraction of sp³-hybridized carbons (Fsp3) is 0.308. The second-order valence-electron chi connectivity index (χ2n) is 4.72. The van der Waals surface area contributed by atoms with Crippen LogP contribution in [0.2, 0.25) is 0 Å². The number of hydrogen-bond donors (Lipinski definition) is 0. The molecular formula is C13H14O2. The molecule has 1 aromatic carbocycles. The maximum atomic E-state index is 12.1. The normalized spacial score (nSPS) is 11.9. The first kappa shape index (κ1) is 9.97. The fourth-order valence-corrected chi connectivity index (χ4v) is 1.58. The molecule has 2 aromatic rings. The van der Waals surface area contributed by atoms with E-state index in [1.807, 2.05) is 45.0 Å². The van der Waals surface area contributed by atoms with Crippen LogP contribution in [-0.4, -0.2) is 5.78 Å². The van der Waals surface area contributed by atoms with E-state index in [0.717, 1.165) is 5.39 Å². The minimum Gasteiger partial charge on any atom is -0.464 e. The molecule has 78 valence electrons. The van der Waals surface area contributed by atoms with Crippen LogP contribution >= 0.6 is 0 Å². The van der Waals surface area contributed by atoms with Crippen LogP contribution in [0.5, 0.6) is 0 Å². The number of furan rings is 1. The molecule has 1 heterocycles. The molecule has 2 nitrogen and oxygen atoms in total. The number of fused-ring (bicyclic) bond motifs is 1. The van der Waals surface area contributed by atoms with Gasteiger partial charge in [-0.1, -0.05) is 32.9 Å². The molecular weight excluding hydrogens is 188 g/mol. The fourth-order valence-electron chi connectivity index (χ4n) is 1.58. The summed E-state index contributed by atoms with van der Waals surface area (Å²) in [5.41, 5.74) is 0.989. The molecule has 0 amide bonds. The molecule has 0 aliphatic heterocycles. The third-order valence-electron chi connectivity index (χ3n) is 2.40. The molecule has 0 spiro atoms. The predicted molar refractivity (Wildman–Crippen MR) is 60.0 cm³/mol. The minimum absolute atomic E-state index is 0.114. The van der Waals surface area contributed by atoms with Crippen LogP contribution in [0.4, 0.5) is 0 Å². The van der Waals surface area contributed by atoms with Gasteiger partial charge in [0.15, 0.2) is 5.78 Å². The van der Waals surface area contributed by atoms with Crippen molar-refractivity contribution in [2.75, 3.05) is 0 Å². The minimum atomic E-state index is -0.374. The highest BCUT2D eigenvalue weighted by atomic mass is 16.3. The average molecular weight is 202 g/mol. The lowest BCUT2D eigenvalue weighted by Crippen LogP contribution is -2.20. The lowest BCUT2D eigenvalue weighted by atomic mass is 9.86. The van der Waals surface area contributed by atoms with Gasteiger partial charge < -0.3 is 4.42 Å². The average Bonchev–Trinajstić information content (AvgIpc) is 2.62. The Hall–Kier alpha value is -1.57. The van der Waals surface area contributed by atoms with Crippen molar-refractivity contribution < 1.29 is 9.21 Å². The van der Waals surface area contributed by atoms with E-state index in [9.17, 15) is 4.79 Å². The molecule has 0 radical (unpaired) electrons. The van der Waals surface area contributed by atoms with Crippen molar-refractivity contribution in [3.8, 4) is 0 Å². The highest BCUT2D eigenvalue weighted by Gasteiger charge is 2.25. The molecule has 0 N–H and O–H groups in total. The SMILES string of the molecule is CC(C)(C)C(=O)c1cccc2ccoc12. The van der Waals surface area contributed by atoms with Gasteiger partial charge in [-0.2, -0.15) is 0 Å². The first-order valence-corrected chi connectivity index (χ1v) is 5.01. The van der Waals surface area contributed by atoms with Gasteiger partial charge in [0, 0.05) is 10.8 Å². The maximum Gasteiger partial charge on any atom is 0.171 e. The van der Waals surface area contributed by atoms with Gasteiger partial charge in [0.25, 0.3) is 0 Å². The number of carbonyl (C=O) groups is 1. The van der Waals surface area contributed by atoms with Crippen molar-refractivity contribution in [2.45, 2.75) is 20.8 Å². The van der Waals surface area contributed by atoms with Gasteiger partial charge in [0.1, 0.15) is 5.58 Å². The molecule has 0 aliphatic carbocycles. The summed E-state index contributed by atoms with van der Waals surface area (Å²) in [5, 5.41) is 0.977. The van der Waals surface area contributed by atoms with Crippen LogP contribution < -0.4 is 0 Å². The topological polar surface area (TPSA) is 30.2 Å². The molecule has 0 saturated carbocycles. The van der Waals surface area contributed by atoms with Crippen molar-refractivity contribution in [3.05, 3.63) is 36.1 Å². The Balaban J connectivity index is 2.62. The van der Waals surface area contributed by atoms with Crippen LogP contribution in [0.3, 0.4) is 0 Å². The number of hydrogen-bond acceptors (Lipinski definition) is 2. The first-order chi connectivity index (χ1) is 7.00. The lowest BCUT2D eigenvalue weighted by molar-refractivity contribution is 0.0859. The third-order valence-corrected chi connectivity index (χ3v) is 2.40. The quantitative estimate of drug-likeness (QED) is 0.660. The first-order valence-electron chi connectivity index (χ1n) is 5.01. The third kappa shape index (κ3) is 1.67. The van der Waals surface area contributed by atoms with Crippen molar-refractivity contribution in [2.24, 2.45) is 5.41 Å². The Morgan fingerprint density at radius 3 is 2.60 bits per heavy atom. The van der Waals surface area contributed by atoms with Crippen LogP contribution in [0.25, 0.3) is 11.0 Å². The van der Waals surface area contributed by atoms with Gasteiger partial charge in [0.05, 0.1) is 11.8 Å². The van der Waals surface area contributed by atoms with Crippen molar-refractivity contribution in [1.82, 2.24) is 0 Å². The zero-order valence-corrected chi connectivity index (χ0v) is 9.20. The summed E-state index contributed by atoms with van der Waals surface area (Å²) in [6, 6.07) is 7.52. The van der Waals surface area contributed by atoms with Crippen LogP contribution in [0.15, 0.2) is 34.9 Å². The van der Waals surface area contributed by atoms with Gasteiger partial charge in [-0.15, -0.1) is 0 Å². The molecule has 15 heavy (non-hydrogen) atoms. The number of benzene rings is 1. The number of para-hydroxylation sites is 1. The van der Waals surface area contributed by atoms with E-state index in [1.54, 1.807) is 6.26 Å². The Kier molecular flexibility index (Phi) is 2.14. The summed E-state index contributed by atoms with van der Waals surface area (Å²) in [6.45, 7) is 5.74. The van der Waals surface area contributed by atoms with Crippen molar-refractivity contribution >= 4 is 16.8 Å². The molecule has 1 aromatic heterocycles. The van der Waals surface area contributed by atoms with Crippen LogP contribution in [0, 0.1) is 5.41 Å². The van der Waals surface area contributed by atoms with E-state index in [1.165, 1.54) is 0 Å². The van der Waals surface area contributed by atoms with Gasteiger partial charge in [0.2, 0.25) is 0 Å². The smallest absolute Gasteiger partial charge is 0.171 e. The molecule has 0 atom stereocenters. The Morgan fingerprint density at radius 2 is 1.93 bits per heavy atom. The highest BCUT2D eigenvalue weighted by molar-refractivity contribution is 6.08. The summed E-state index contributed by atoms with van der Waals surface area (Å²) < 4.78 is 5.34. The van der Waals surface area contributed by atoms with E-state index < -0.39 is 0 Å². The highest BCUT2D eigenvalue weighted by Crippen LogP contribution is 2.27. The zero-order valence-electron chi connectivity index (χ0n) is 9.20. The van der Waals surface area contributed by atoms with Crippen LogP contribution in [0.1, 0.15) is 31.1 Å². The maximum absolute atomic E-state index is 12.1. The number of Topliss-reactive ketones (excluding diaryl/α,β-unsaturated/α-hetero) is 1. The Morgan fingerprint density at radius 1 is 1.20 bits per heavy atom. The molecule has 0 aliphatic rings. The van der Waals surface area contributed by atoms with E-state index in [4.69, 9.17) is 4.42 Å². The standard InChI is InChI=1S/C13H14O2/c1-13(2,3)12(14)10-6-4-5-9-7-8-15-11(9)10/h4-8H,1-3H3. The number of carbonyl (C=O) groups excluding carboxylic acids is 1. The molecule has 0 fully saturated rings. The predicted octanol–water partition coefficient (Wildman–Crippen LogP) is 3.66. The summed E-state index contributed by atoms with van der Waals surface area (Å²) in [6.07, 6.45) is 1.62. The van der Waals surface area contributed by atoms with E-state index >= 15 is 0 Å². The van der Waals surface area contributed by atoms with Gasteiger partial charge in [-0.25, -0.2) is 0 Å². The second-order valence-corrected chi connectivity index (χ2v) is 4.72. The Bertz CT molecular complexity index is 500. The summed E-state index contributed by atoms with van der Waals surface area (Å²) in [4.78, 5) is 12.1. The van der Waals surface area contributed by atoms with Gasteiger partial charge in [-0.3, -0.25) is 4.79 Å². The monoisotopic (exact) mass is 202 g/mol. The largest absolute Gasteiger partial charge is 0.464 e. The second kappa shape index (κ2) is 3.23. The number of rotatable bonds is 1. The lowest BCUT2D eigenvalue weighted by Gasteiger charge is -2.16. The van der Waals surface area contributed by atoms with E-state index in [2.05, 4.69) is 0 Å². The molecule has 0 unspecified atom stereocenters. The van der Waals surface area contributed by atoms with E-state index in [0.29, 0.717) is 11.1 Å². The summed E-state index contributed by atoms with van der Waals surface area (Å²) in [7, 11) is 0. The van der Waals surface area contributed by atoms with Crippen molar-refractivity contribution in [3.63, 3.8) is 0 Å². The molecule has 2 rings (SSSR count). The Labute approximate surface area is 88.9 Å².